The van der Waals surface area contributed by atoms with Crippen LogP contribution in [0.4, 0.5) is 0 Å². The summed E-state index contributed by atoms with van der Waals surface area (Å²) in [6.45, 7) is 4.72. The Kier molecular flexibility index (Phi) is 4.22. The molecule has 14 heavy (non-hydrogen) atoms. The van der Waals surface area contributed by atoms with Crippen molar-refractivity contribution in [2.24, 2.45) is 5.92 Å². The van der Waals surface area contributed by atoms with Crippen molar-refractivity contribution in [1.82, 2.24) is 4.31 Å². The smallest absolute Gasteiger partial charge is 0.212 e. The van der Waals surface area contributed by atoms with Crippen LogP contribution in [0.1, 0.15) is 26.7 Å². The van der Waals surface area contributed by atoms with Gasteiger partial charge in [0.05, 0.1) is 5.75 Å². The molecule has 0 bridgehead atoms. The number of halogens is 1. The van der Waals surface area contributed by atoms with Gasteiger partial charge in [0.25, 0.3) is 0 Å². The summed E-state index contributed by atoms with van der Waals surface area (Å²) in [5.74, 6) is 0.710. The molecule has 0 radical (unpaired) electrons. The molecule has 0 aromatic rings. The number of sulfonamides is 1. The van der Waals surface area contributed by atoms with Crippen LogP contribution in [0.15, 0.2) is 0 Å². The monoisotopic (exact) mass is 239 g/mol. The molecule has 2 atom stereocenters. The fourth-order valence-corrected chi connectivity index (χ4v) is 4.00. The van der Waals surface area contributed by atoms with E-state index in [-0.39, 0.29) is 17.7 Å². The average molecular weight is 240 g/mol. The minimum absolute atomic E-state index is 0.0611. The van der Waals surface area contributed by atoms with Crippen molar-refractivity contribution in [3.8, 4) is 0 Å². The molecule has 3 nitrogen and oxygen atoms in total. The molecule has 0 amide bonds. The zero-order valence-corrected chi connectivity index (χ0v) is 10.3. The molecular weight excluding hydrogens is 222 g/mol. The number of rotatable bonds is 3. The minimum atomic E-state index is -3.11. The number of nitrogens with zero attached hydrogens (tertiary/aromatic N) is 1. The fourth-order valence-electron chi connectivity index (χ4n) is 1.85. The number of alkyl halides is 1. The first-order valence-electron chi connectivity index (χ1n) is 5.03. The third-order valence-corrected chi connectivity index (χ3v) is 5.11. The van der Waals surface area contributed by atoms with Crippen LogP contribution in [-0.2, 0) is 10.0 Å². The molecule has 1 aliphatic rings. The first-order chi connectivity index (χ1) is 6.47. The van der Waals surface area contributed by atoms with Crippen LogP contribution in [0.3, 0.4) is 0 Å². The van der Waals surface area contributed by atoms with Crippen molar-refractivity contribution in [3.63, 3.8) is 0 Å². The minimum Gasteiger partial charge on any atom is -0.212 e. The van der Waals surface area contributed by atoms with E-state index in [4.69, 9.17) is 11.6 Å². The second-order valence-corrected chi connectivity index (χ2v) is 6.53. The average Bonchev–Trinajstić information content (AvgIpc) is 2.09. The first kappa shape index (κ1) is 12.3. The highest BCUT2D eigenvalue weighted by atomic mass is 35.5. The van der Waals surface area contributed by atoms with Crippen molar-refractivity contribution in [2.45, 2.75) is 32.7 Å². The van der Waals surface area contributed by atoms with Gasteiger partial charge in [0.1, 0.15) is 0 Å². The van der Waals surface area contributed by atoms with E-state index in [0.717, 1.165) is 12.8 Å². The molecule has 0 N–H and O–H groups in total. The SMILES string of the molecule is CC1CCC(C)N(S(=O)(=O)CCCl)C1. The molecule has 1 saturated heterocycles. The molecule has 0 saturated carbocycles. The lowest BCUT2D eigenvalue weighted by molar-refractivity contribution is 0.218. The molecule has 1 rings (SSSR count). The van der Waals surface area contributed by atoms with Gasteiger partial charge in [-0.05, 0) is 25.7 Å². The van der Waals surface area contributed by atoms with Crippen molar-refractivity contribution in [3.05, 3.63) is 0 Å². The van der Waals surface area contributed by atoms with Gasteiger partial charge in [0.2, 0.25) is 10.0 Å². The quantitative estimate of drug-likeness (QED) is 0.703. The highest BCUT2D eigenvalue weighted by Crippen LogP contribution is 2.24. The molecule has 0 spiro atoms. The van der Waals surface area contributed by atoms with Gasteiger partial charge in [-0.2, -0.15) is 4.31 Å². The third kappa shape index (κ3) is 2.84. The molecule has 1 heterocycles. The summed E-state index contributed by atoms with van der Waals surface area (Å²) in [7, 11) is -3.11. The summed E-state index contributed by atoms with van der Waals surface area (Å²) in [6, 6.07) is 0.138. The number of hydrogen-bond donors (Lipinski definition) is 0. The third-order valence-electron chi connectivity index (χ3n) is 2.75. The Bertz CT molecular complexity index is 279. The highest BCUT2D eigenvalue weighted by Gasteiger charge is 2.31. The number of hydrogen-bond acceptors (Lipinski definition) is 2. The predicted octanol–water partition coefficient (Wildman–Crippen LogP) is 1.68. The summed E-state index contributed by atoms with van der Waals surface area (Å²) in [6.07, 6.45) is 2.08. The molecule has 1 fully saturated rings. The van der Waals surface area contributed by atoms with Gasteiger partial charge in [-0.15, -0.1) is 11.6 Å². The largest absolute Gasteiger partial charge is 0.215 e. The Morgan fingerprint density at radius 3 is 2.57 bits per heavy atom. The van der Waals surface area contributed by atoms with E-state index in [0.29, 0.717) is 12.5 Å². The van der Waals surface area contributed by atoms with Gasteiger partial charge in [-0.1, -0.05) is 6.92 Å². The van der Waals surface area contributed by atoms with Gasteiger partial charge < -0.3 is 0 Å². The summed E-state index contributed by atoms with van der Waals surface area (Å²) >= 11 is 5.48. The highest BCUT2D eigenvalue weighted by molar-refractivity contribution is 7.89. The van der Waals surface area contributed by atoms with Crippen molar-refractivity contribution < 1.29 is 8.42 Å². The van der Waals surface area contributed by atoms with Crippen LogP contribution in [0, 0.1) is 5.92 Å². The fraction of sp³-hybridized carbons (Fsp3) is 1.00. The van der Waals surface area contributed by atoms with Crippen LogP contribution in [0.25, 0.3) is 0 Å². The van der Waals surface area contributed by atoms with Gasteiger partial charge in [-0.3, -0.25) is 0 Å². The predicted molar refractivity (Wildman–Crippen MR) is 59.1 cm³/mol. The van der Waals surface area contributed by atoms with Crippen LogP contribution < -0.4 is 0 Å². The maximum absolute atomic E-state index is 11.8. The van der Waals surface area contributed by atoms with Crippen LogP contribution in [-0.4, -0.2) is 36.9 Å². The lowest BCUT2D eigenvalue weighted by Crippen LogP contribution is -2.46. The van der Waals surface area contributed by atoms with E-state index in [2.05, 4.69) is 6.92 Å². The second kappa shape index (κ2) is 4.81. The van der Waals surface area contributed by atoms with Crippen molar-refractivity contribution >= 4 is 21.6 Å². The standard InChI is InChI=1S/C9H18ClNO2S/c1-8-3-4-9(2)11(7-8)14(12,13)6-5-10/h8-9H,3-7H2,1-2H3. The maximum Gasteiger partial charge on any atom is 0.215 e. The van der Waals surface area contributed by atoms with E-state index in [9.17, 15) is 8.42 Å². The van der Waals surface area contributed by atoms with E-state index < -0.39 is 10.0 Å². The Balaban J connectivity index is 2.74. The first-order valence-corrected chi connectivity index (χ1v) is 7.17. The Labute approximate surface area is 91.5 Å². The molecule has 0 aliphatic carbocycles. The van der Waals surface area contributed by atoms with E-state index in [1.165, 1.54) is 0 Å². The Hall–Kier alpha value is 0.200. The van der Waals surface area contributed by atoms with E-state index in [1.54, 1.807) is 4.31 Å². The topological polar surface area (TPSA) is 37.4 Å². The molecular formula is C9H18ClNO2S. The van der Waals surface area contributed by atoms with Crippen LogP contribution >= 0.6 is 11.6 Å². The van der Waals surface area contributed by atoms with E-state index in [1.807, 2.05) is 6.92 Å². The molecule has 5 heteroatoms. The van der Waals surface area contributed by atoms with Gasteiger partial charge in [0, 0.05) is 18.5 Å². The lowest BCUT2D eigenvalue weighted by Gasteiger charge is -2.35. The maximum atomic E-state index is 11.8. The van der Waals surface area contributed by atoms with Gasteiger partial charge >= 0.3 is 0 Å². The van der Waals surface area contributed by atoms with Crippen LogP contribution in [0.2, 0.25) is 0 Å². The normalized spacial score (nSPS) is 30.5. The second-order valence-electron chi connectivity index (χ2n) is 4.11. The number of piperidine rings is 1. The molecule has 0 aromatic carbocycles. The van der Waals surface area contributed by atoms with Gasteiger partial charge in [-0.25, -0.2) is 8.42 Å². The summed E-state index contributed by atoms with van der Waals surface area (Å²) < 4.78 is 25.2. The van der Waals surface area contributed by atoms with Crippen molar-refractivity contribution in [2.75, 3.05) is 18.2 Å². The lowest BCUT2D eigenvalue weighted by atomic mass is 9.97. The Morgan fingerprint density at radius 1 is 1.36 bits per heavy atom. The van der Waals surface area contributed by atoms with Crippen LogP contribution in [0.5, 0.6) is 0 Å². The Morgan fingerprint density at radius 2 is 2.00 bits per heavy atom. The summed E-state index contributed by atoms with van der Waals surface area (Å²) in [4.78, 5) is 0. The molecule has 2 unspecified atom stereocenters. The summed E-state index contributed by atoms with van der Waals surface area (Å²) in [5.41, 5.74) is 0. The van der Waals surface area contributed by atoms with Crippen molar-refractivity contribution in [1.29, 1.82) is 0 Å². The molecule has 1 aliphatic heterocycles. The summed E-state index contributed by atoms with van der Waals surface area (Å²) in [5, 5.41) is 0. The zero-order valence-electron chi connectivity index (χ0n) is 8.74. The zero-order chi connectivity index (χ0) is 10.8. The van der Waals surface area contributed by atoms with Gasteiger partial charge in [0.15, 0.2) is 0 Å². The van der Waals surface area contributed by atoms with E-state index >= 15 is 0 Å². The molecule has 84 valence electrons. The molecule has 0 aromatic heterocycles.